The van der Waals surface area contributed by atoms with Crippen LogP contribution in [0.3, 0.4) is 0 Å². The number of carbonyl (C=O) groups excluding carboxylic acids is 1. The molecule has 1 atom stereocenters. The van der Waals surface area contributed by atoms with Gasteiger partial charge in [-0.25, -0.2) is 13.4 Å². The van der Waals surface area contributed by atoms with Crippen molar-refractivity contribution in [2.24, 2.45) is 0 Å². The molecule has 0 bridgehead atoms. The van der Waals surface area contributed by atoms with E-state index in [4.69, 9.17) is 0 Å². The number of sulfonamides is 1. The van der Waals surface area contributed by atoms with Crippen LogP contribution in [0.5, 0.6) is 0 Å². The first-order chi connectivity index (χ1) is 9.86. The lowest BCUT2D eigenvalue weighted by Crippen LogP contribution is -2.36. The van der Waals surface area contributed by atoms with E-state index in [1.165, 1.54) is 11.2 Å². The molecule has 118 valence electrons. The molecule has 2 rings (SSSR count). The highest BCUT2D eigenvalue weighted by molar-refractivity contribution is 7.89. The zero-order chi connectivity index (χ0) is 15.6. The molecule has 7 heteroatoms. The summed E-state index contributed by atoms with van der Waals surface area (Å²) in [7, 11) is -3.60. The summed E-state index contributed by atoms with van der Waals surface area (Å²) < 4.78 is 28.8. The average molecular weight is 313 g/mol. The highest BCUT2D eigenvalue weighted by Crippen LogP contribution is 2.27. The number of nitrogens with zero attached hydrogens (tertiary/aromatic N) is 3. The van der Waals surface area contributed by atoms with Gasteiger partial charge < -0.3 is 4.57 Å². The fourth-order valence-electron chi connectivity index (χ4n) is 2.85. The first-order valence-electron chi connectivity index (χ1n) is 7.41. The Morgan fingerprint density at radius 3 is 2.81 bits per heavy atom. The molecule has 0 saturated carbocycles. The zero-order valence-corrected chi connectivity index (χ0v) is 13.7. The molecule has 1 aromatic rings. The number of Topliss-reactive ketones (excluding diaryl/α,β-unsaturated/α-hetero) is 1. The maximum atomic E-state index is 12.7. The van der Waals surface area contributed by atoms with Gasteiger partial charge in [0, 0.05) is 31.7 Å². The van der Waals surface area contributed by atoms with Crippen molar-refractivity contribution < 1.29 is 13.2 Å². The number of imidazole rings is 1. The lowest BCUT2D eigenvalue weighted by molar-refractivity contribution is -0.117. The van der Waals surface area contributed by atoms with E-state index in [-0.39, 0.29) is 23.3 Å². The van der Waals surface area contributed by atoms with Gasteiger partial charge in [0.05, 0.1) is 0 Å². The normalized spacial score (nSPS) is 20.0. The highest BCUT2D eigenvalue weighted by atomic mass is 32.2. The summed E-state index contributed by atoms with van der Waals surface area (Å²) >= 11 is 0. The Hall–Kier alpha value is -1.21. The molecule has 1 saturated heterocycles. The van der Waals surface area contributed by atoms with Crippen molar-refractivity contribution in [3.63, 3.8) is 0 Å². The molecule has 2 heterocycles. The second-order valence-corrected chi connectivity index (χ2v) is 7.48. The van der Waals surface area contributed by atoms with Crippen LogP contribution in [0.25, 0.3) is 0 Å². The minimum absolute atomic E-state index is 0.0230. The van der Waals surface area contributed by atoms with Crippen molar-refractivity contribution in [2.45, 2.75) is 64.1 Å². The molecule has 0 aliphatic carbocycles. The highest BCUT2D eigenvalue weighted by Gasteiger charge is 2.37. The third kappa shape index (κ3) is 3.35. The summed E-state index contributed by atoms with van der Waals surface area (Å²) in [5.41, 5.74) is 0. The van der Waals surface area contributed by atoms with E-state index in [1.807, 2.05) is 18.4 Å². The first-order valence-corrected chi connectivity index (χ1v) is 8.85. The third-order valence-corrected chi connectivity index (χ3v) is 5.66. The summed E-state index contributed by atoms with van der Waals surface area (Å²) in [5, 5.41) is 0.101. The Kier molecular flexibility index (Phi) is 4.83. The molecule has 0 spiro atoms. The van der Waals surface area contributed by atoms with E-state index in [0.29, 0.717) is 12.4 Å². The van der Waals surface area contributed by atoms with Crippen molar-refractivity contribution in [1.29, 1.82) is 0 Å². The molecule has 1 aliphatic heterocycles. The maximum absolute atomic E-state index is 12.7. The number of ketones is 1. The van der Waals surface area contributed by atoms with Gasteiger partial charge in [0.1, 0.15) is 11.6 Å². The SMILES string of the molecule is CCCn1cc(S(=O)(=O)N2CCCC2CC(C)=O)nc1C. The molecule has 1 aromatic heterocycles. The van der Waals surface area contributed by atoms with Gasteiger partial charge in [0.25, 0.3) is 10.0 Å². The number of hydrogen-bond donors (Lipinski definition) is 0. The number of aromatic nitrogens is 2. The maximum Gasteiger partial charge on any atom is 0.262 e. The molecule has 1 unspecified atom stereocenters. The fourth-order valence-corrected chi connectivity index (χ4v) is 4.54. The summed E-state index contributed by atoms with van der Waals surface area (Å²) in [6, 6.07) is -0.218. The Bertz CT molecular complexity index is 621. The van der Waals surface area contributed by atoms with Crippen LogP contribution in [0.4, 0.5) is 0 Å². The average Bonchev–Trinajstić information content (AvgIpc) is 2.97. The number of hydrogen-bond acceptors (Lipinski definition) is 4. The zero-order valence-electron chi connectivity index (χ0n) is 12.9. The van der Waals surface area contributed by atoms with Crippen LogP contribution in [0.1, 0.15) is 45.4 Å². The third-order valence-electron chi connectivity index (χ3n) is 3.84. The van der Waals surface area contributed by atoms with Crippen molar-refractivity contribution in [3.05, 3.63) is 12.0 Å². The van der Waals surface area contributed by atoms with E-state index in [0.717, 1.165) is 25.8 Å². The monoisotopic (exact) mass is 313 g/mol. The molecule has 0 radical (unpaired) electrons. The quantitative estimate of drug-likeness (QED) is 0.802. The number of rotatable bonds is 6. The van der Waals surface area contributed by atoms with Crippen LogP contribution in [0.15, 0.2) is 11.2 Å². The lowest BCUT2D eigenvalue weighted by atomic mass is 10.1. The number of aryl methyl sites for hydroxylation is 2. The molecule has 1 aliphatic rings. The summed E-state index contributed by atoms with van der Waals surface area (Å²) in [4.78, 5) is 15.5. The summed E-state index contributed by atoms with van der Waals surface area (Å²) in [6.45, 7) is 6.58. The molecule has 21 heavy (non-hydrogen) atoms. The van der Waals surface area contributed by atoms with Gasteiger partial charge in [-0.1, -0.05) is 6.92 Å². The van der Waals surface area contributed by atoms with Gasteiger partial charge in [-0.15, -0.1) is 0 Å². The standard InChI is InChI=1S/C14H23N3O3S/c1-4-7-16-10-14(15-12(16)3)21(19,20)17-8-5-6-13(17)9-11(2)18/h10,13H,4-9H2,1-3H3. The van der Waals surface area contributed by atoms with E-state index in [2.05, 4.69) is 4.98 Å². The van der Waals surface area contributed by atoms with Crippen molar-refractivity contribution >= 4 is 15.8 Å². The van der Waals surface area contributed by atoms with E-state index < -0.39 is 10.0 Å². The van der Waals surface area contributed by atoms with Crippen LogP contribution in [0.2, 0.25) is 0 Å². The first kappa shape index (κ1) is 16.2. The van der Waals surface area contributed by atoms with Crippen molar-refractivity contribution in [2.75, 3.05) is 6.54 Å². The minimum atomic E-state index is -3.60. The number of carbonyl (C=O) groups is 1. The van der Waals surface area contributed by atoms with Crippen LogP contribution >= 0.6 is 0 Å². The van der Waals surface area contributed by atoms with Gasteiger partial charge in [0.2, 0.25) is 0 Å². The van der Waals surface area contributed by atoms with Crippen molar-refractivity contribution in [3.8, 4) is 0 Å². The van der Waals surface area contributed by atoms with Gasteiger partial charge in [-0.3, -0.25) is 4.79 Å². The van der Waals surface area contributed by atoms with Gasteiger partial charge in [-0.2, -0.15) is 4.31 Å². The molecule has 1 fully saturated rings. The van der Waals surface area contributed by atoms with E-state index >= 15 is 0 Å². The molecular formula is C14H23N3O3S. The second-order valence-electron chi connectivity index (χ2n) is 5.64. The van der Waals surface area contributed by atoms with E-state index in [9.17, 15) is 13.2 Å². The largest absolute Gasteiger partial charge is 0.334 e. The molecular weight excluding hydrogens is 290 g/mol. The Balaban J connectivity index is 2.28. The van der Waals surface area contributed by atoms with Gasteiger partial charge in [0.15, 0.2) is 5.03 Å². The Labute approximate surface area is 126 Å². The van der Waals surface area contributed by atoms with Crippen LogP contribution in [-0.4, -0.2) is 40.6 Å². The van der Waals surface area contributed by atoms with E-state index in [1.54, 1.807) is 6.20 Å². The molecule has 0 amide bonds. The second kappa shape index (κ2) is 6.27. The fraction of sp³-hybridized carbons (Fsp3) is 0.714. The Morgan fingerprint density at radius 1 is 1.48 bits per heavy atom. The van der Waals surface area contributed by atoms with Gasteiger partial charge >= 0.3 is 0 Å². The predicted molar refractivity (Wildman–Crippen MR) is 79.5 cm³/mol. The molecule has 0 aromatic carbocycles. The van der Waals surface area contributed by atoms with Gasteiger partial charge in [-0.05, 0) is 33.1 Å². The topological polar surface area (TPSA) is 72.3 Å². The van der Waals surface area contributed by atoms with Crippen molar-refractivity contribution in [1.82, 2.24) is 13.9 Å². The minimum Gasteiger partial charge on any atom is -0.334 e. The molecule has 0 N–H and O–H groups in total. The van der Waals surface area contributed by atoms with Crippen LogP contribution in [0, 0.1) is 6.92 Å². The predicted octanol–water partition coefficient (Wildman–Crippen LogP) is 1.73. The molecule has 6 nitrogen and oxygen atoms in total. The van der Waals surface area contributed by atoms with Crippen LogP contribution < -0.4 is 0 Å². The summed E-state index contributed by atoms with van der Waals surface area (Å²) in [6.07, 6.45) is 4.36. The lowest BCUT2D eigenvalue weighted by Gasteiger charge is -2.22. The Morgan fingerprint density at radius 2 is 2.19 bits per heavy atom. The summed E-state index contributed by atoms with van der Waals surface area (Å²) in [5.74, 6) is 0.729. The van der Waals surface area contributed by atoms with Crippen LogP contribution in [-0.2, 0) is 21.4 Å². The smallest absolute Gasteiger partial charge is 0.262 e.